The molecule has 2 N–H and O–H groups in total. The van der Waals surface area contributed by atoms with Crippen LogP contribution in [0.2, 0.25) is 0 Å². The summed E-state index contributed by atoms with van der Waals surface area (Å²) in [4.78, 5) is 9.89. The molecule has 0 aromatic rings. The topological polar surface area (TPSA) is 66.8 Å². The molecule has 0 aliphatic heterocycles. The number of hydrogen-bond acceptors (Lipinski definition) is 3. The zero-order valence-electron chi connectivity index (χ0n) is 6.07. The Morgan fingerprint density at radius 2 is 2.10 bits per heavy atom. The predicted molar refractivity (Wildman–Crippen MR) is 34.9 cm³/mol. The number of hydrogen-bond donors (Lipinski definition) is 2. The normalized spacial score (nSPS) is 15.9. The monoisotopic (exact) mass is 148 g/mol. The first-order chi connectivity index (χ1) is 4.52. The molecule has 0 aliphatic carbocycles. The molecule has 10 heavy (non-hydrogen) atoms. The van der Waals surface area contributed by atoms with Crippen LogP contribution in [-0.2, 0) is 4.74 Å². The molecule has 60 valence electrons. The van der Waals surface area contributed by atoms with Gasteiger partial charge in [-0.25, -0.2) is 4.79 Å². The van der Waals surface area contributed by atoms with E-state index < -0.39 is 18.4 Å². The van der Waals surface area contributed by atoms with Gasteiger partial charge in [0.05, 0.1) is 6.10 Å². The van der Waals surface area contributed by atoms with Crippen LogP contribution in [0.1, 0.15) is 20.3 Å². The van der Waals surface area contributed by atoms with Gasteiger partial charge in [0, 0.05) is 6.42 Å². The lowest BCUT2D eigenvalue weighted by Crippen LogP contribution is -2.18. The summed E-state index contributed by atoms with van der Waals surface area (Å²) in [5, 5.41) is 16.9. The molecule has 0 amide bonds. The van der Waals surface area contributed by atoms with Crippen LogP contribution in [0.15, 0.2) is 0 Å². The van der Waals surface area contributed by atoms with Crippen molar-refractivity contribution in [3.05, 3.63) is 0 Å². The van der Waals surface area contributed by atoms with E-state index in [2.05, 4.69) is 4.74 Å². The van der Waals surface area contributed by atoms with Crippen LogP contribution in [0.25, 0.3) is 0 Å². The minimum atomic E-state index is -1.30. The van der Waals surface area contributed by atoms with Crippen molar-refractivity contribution >= 4 is 6.16 Å². The Hall–Kier alpha value is -0.770. The van der Waals surface area contributed by atoms with Crippen molar-refractivity contribution in [2.24, 2.45) is 0 Å². The molecule has 0 radical (unpaired) electrons. The predicted octanol–water partition coefficient (Wildman–Crippen LogP) is 0.840. The van der Waals surface area contributed by atoms with Crippen LogP contribution >= 0.6 is 0 Å². The molecule has 0 heterocycles. The van der Waals surface area contributed by atoms with Gasteiger partial charge in [-0.1, -0.05) is 0 Å². The number of aliphatic hydroxyl groups is 1. The zero-order chi connectivity index (χ0) is 8.15. The van der Waals surface area contributed by atoms with Crippen molar-refractivity contribution in [2.75, 3.05) is 0 Å². The van der Waals surface area contributed by atoms with Crippen LogP contribution in [0.5, 0.6) is 0 Å². The SMILES string of the molecule is CC(O)CC(C)OC(=O)O. The second-order valence-corrected chi connectivity index (χ2v) is 2.28. The smallest absolute Gasteiger partial charge is 0.450 e. The molecule has 0 rings (SSSR count). The van der Waals surface area contributed by atoms with E-state index in [1.165, 1.54) is 0 Å². The molecule has 0 spiro atoms. The highest BCUT2D eigenvalue weighted by Gasteiger charge is 2.09. The largest absolute Gasteiger partial charge is 0.506 e. The third kappa shape index (κ3) is 5.37. The Kier molecular flexibility index (Phi) is 3.79. The van der Waals surface area contributed by atoms with Gasteiger partial charge in [-0.05, 0) is 13.8 Å². The van der Waals surface area contributed by atoms with E-state index in [0.717, 1.165) is 0 Å². The summed E-state index contributed by atoms with van der Waals surface area (Å²) in [5.41, 5.74) is 0. The maximum Gasteiger partial charge on any atom is 0.506 e. The lowest BCUT2D eigenvalue weighted by Gasteiger charge is -2.11. The lowest BCUT2D eigenvalue weighted by atomic mass is 10.2. The first kappa shape index (κ1) is 9.23. The fourth-order valence-electron chi connectivity index (χ4n) is 0.701. The summed E-state index contributed by atoms with van der Waals surface area (Å²) >= 11 is 0. The third-order valence-corrected chi connectivity index (χ3v) is 0.975. The van der Waals surface area contributed by atoms with Gasteiger partial charge in [0.25, 0.3) is 0 Å². The van der Waals surface area contributed by atoms with Gasteiger partial charge in [0.15, 0.2) is 0 Å². The molecule has 2 unspecified atom stereocenters. The highest BCUT2D eigenvalue weighted by molar-refractivity contribution is 5.56. The van der Waals surface area contributed by atoms with Crippen molar-refractivity contribution in [3.8, 4) is 0 Å². The van der Waals surface area contributed by atoms with Crippen LogP contribution in [0.4, 0.5) is 4.79 Å². The van der Waals surface area contributed by atoms with Gasteiger partial charge in [-0.15, -0.1) is 0 Å². The van der Waals surface area contributed by atoms with Gasteiger partial charge in [-0.3, -0.25) is 0 Å². The van der Waals surface area contributed by atoms with E-state index >= 15 is 0 Å². The van der Waals surface area contributed by atoms with E-state index in [9.17, 15) is 4.79 Å². The van der Waals surface area contributed by atoms with E-state index in [-0.39, 0.29) is 0 Å². The van der Waals surface area contributed by atoms with Gasteiger partial charge in [-0.2, -0.15) is 0 Å². The third-order valence-electron chi connectivity index (χ3n) is 0.975. The summed E-state index contributed by atoms with van der Waals surface area (Å²) in [6.07, 6.45) is -1.91. The Morgan fingerprint density at radius 3 is 2.40 bits per heavy atom. The van der Waals surface area contributed by atoms with Gasteiger partial charge in [0.2, 0.25) is 0 Å². The number of ether oxygens (including phenoxy) is 1. The minimum Gasteiger partial charge on any atom is -0.450 e. The maximum atomic E-state index is 9.89. The first-order valence-corrected chi connectivity index (χ1v) is 3.10. The molecule has 4 nitrogen and oxygen atoms in total. The van der Waals surface area contributed by atoms with E-state index in [1.807, 2.05) is 0 Å². The standard InChI is InChI=1S/C6H12O4/c1-4(7)3-5(2)10-6(8)9/h4-5,7H,3H2,1-2H3,(H,8,9). The number of carbonyl (C=O) groups is 1. The van der Waals surface area contributed by atoms with Crippen LogP contribution in [-0.4, -0.2) is 28.6 Å². The molecule has 0 aromatic heterocycles. The van der Waals surface area contributed by atoms with Crippen molar-refractivity contribution in [3.63, 3.8) is 0 Å². The molecular formula is C6H12O4. The summed E-state index contributed by atoms with van der Waals surface area (Å²) in [6, 6.07) is 0. The van der Waals surface area contributed by atoms with Crippen molar-refractivity contribution in [2.45, 2.75) is 32.5 Å². The van der Waals surface area contributed by atoms with Gasteiger partial charge < -0.3 is 14.9 Å². The van der Waals surface area contributed by atoms with Crippen LogP contribution in [0.3, 0.4) is 0 Å². The average Bonchev–Trinajstić information content (AvgIpc) is 1.58. The Morgan fingerprint density at radius 1 is 1.60 bits per heavy atom. The van der Waals surface area contributed by atoms with Crippen LogP contribution < -0.4 is 0 Å². The summed E-state index contributed by atoms with van der Waals surface area (Å²) in [6.45, 7) is 3.18. The van der Waals surface area contributed by atoms with E-state index in [1.54, 1.807) is 13.8 Å². The van der Waals surface area contributed by atoms with Gasteiger partial charge >= 0.3 is 6.16 Å². The number of aliphatic hydroxyl groups excluding tert-OH is 1. The van der Waals surface area contributed by atoms with Crippen molar-refractivity contribution < 1.29 is 19.7 Å². The molecule has 4 heteroatoms. The second-order valence-electron chi connectivity index (χ2n) is 2.28. The Balaban J connectivity index is 3.43. The van der Waals surface area contributed by atoms with Gasteiger partial charge in [0.1, 0.15) is 6.10 Å². The second kappa shape index (κ2) is 4.11. The van der Waals surface area contributed by atoms with Crippen molar-refractivity contribution in [1.29, 1.82) is 0 Å². The van der Waals surface area contributed by atoms with Crippen molar-refractivity contribution in [1.82, 2.24) is 0 Å². The summed E-state index contributed by atoms with van der Waals surface area (Å²) in [7, 11) is 0. The molecule has 0 aromatic carbocycles. The molecular weight excluding hydrogens is 136 g/mol. The highest BCUT2D eigenvalue weighted by Crippen LogP contribution is 2.01. The highest BCUT2D eigenvalue weighted by atomic mass is 16.7. The Labute approximate surface area is 59.4 Å². The summed E-state index contributed by atoms with van der Waals surface area (Å²) < 4.78 is 4.32. The van der Waals surface area contributed by atoms with E-state index in [4.69, 9.17) is 10.2 Å². The average molecular weight is 148 g/mol. The lowest BCUT2D eigenvalue weighted by molar-refractivity contribution is 0.0360. The Bertz CT molecular complexity index is 110. The van der Waals surface area contributed by atoms with E-state index in [0.29, 0.717) is 6.42 Å². The molecule has 0 fully saturated rings. The molecule has 0 saturated carbocycles. The molecule has 0 bridgehead atoms. The zero-order valence-corrected chi connectivity index (χ0v) is 6.07. The first-order valence-electron chi connectivity index (χ1n) is 3.10. The molecule has 0 saturated heterocycles. The number of carboxylic acid groups (broad SMARTS) is 1. The molecule has 2 atom stereocenters. The fourth-order valence-corrected chi connectivity index (χ4v) is 0.701. The minimum absolute atomic E-state index is 0.340. The molecule has 0 aliphatic rings. The quantitative estimate of drug-likeness (QED) is 0.582. The fraction of sp³-hybridized carbons (Fsp3) is 0.833. The summed E-state index contributed by atoms with van der Waals surface area (Å²) in [5.74, 6) is 0. The van der Waals surface area contributed by atoms with Crippen LogP contribution in [0, 0.1) is 0 Å². The number of rotatable bonds is 3. The maximum absolute atomic E-state index is 9.89.